The first-order valence-electron chi connectivity index (χ1n) is 9.59. The van der Waals surface area contributed by atoms with E-state index in [9.17, 15) is 21.6 Å². The first-order chi connectivity index (χ1) is 14.5. The van der Waals surface area contributed by atoms with E-state index in [2.05, 4.69) is 14.8 Å². The Labute approximate surface area is 183 Å². The highest BCUT2D eigenvalue weighted by atomic mass is 32.2. The van der Waals surface area contributed by atoms with Crippen molar-refractivity contribution in [3.05, 3.63) is 48.0 Å². The topological polar surface area (TPSA) is 131 Å². The molecule has 0 saturated carbocycles. The molecule has 0 aliphatic rings. The zero-order valence-corrected chi connectivity index (χ0v) is 19.4. The number of carbonyl (C=O) groups excluding carboxylic acids is 1. The first-order valence-corrected chi connectivity index (χ1v) is 12.7. The van der Waals surface area contributed by atoms with Crippen LogP contribution < -0.4 is 19.5 Å². The van der Waals surface area contributed by atoms with E-state index in [0.29, 0.717) is 17.8 Å². The van der Waals surface area contributed by atoms with Gasteiger partial charge in [0.2, 0.25) is 20.0 Å². The van der Waals surface area contributed by atoms with Crippen molar-refractivity contribution in [1.29, 1.82) is 0 Å². The van der Waals surface area contributed by atoms with Crippen molar-refractivity contribution in [3.63, 3.8) is 0 Å². The fourth-order valence-corrected chi connectivity index (χ4v) is 5.31. The standard InChI is InChI=1S/C20H27N3O6S2/c1-5-12-30(25,26)23-17-9-7-16(8-10-17)21-20(24)15-6-11-18(29-4)19(13-15)31(27,28)22-14(2)3/h6-11,13-14,22-23H,5,12H2,1-4H3,(H,21,24). The van der Waals surface area contributed by atoms with Crippen LogP contribution >= 0.6 is 0 Å². The summed E-state index contributed by atoms with van der Waals surface area (Å²) in [6, 6.07) is 9.92. The molecule has 2 aromatic rings. The minimum absolute atomic E-state index is 0.0138. The second-order valence-electron chi connectivity index (χ2n) is 7.09. The molecule has 2 rings (SSSR count). The molecule has 0 radical (unpaired) electrons. The van der Waals surface area contributed by atoms with Gasteiger partial charge in [0.25, 0.3) is 5.91 Å². The largest absolute Gasteiger partial charge is 0.495 e. The number of benzene rings is 2. The van der Waals surface area contributed by atoms with Gasteiger partial charge in [-0.1, -0.05) is 6.92 Å². The van der Waals surface area contributed by atoms with Gasteiger partial charge in [0, 0.05) is 23.0 Å². The van der Waals surface area contributed by atoms with Gasteiger partial charge in [0.15, 0.2) is 0 Å². The van der Waals surface area contributed by atoms with Crippen LogP contribution in [-0.4, -0.2) is 41.6 Å². The molecule has 11 heteroatoms. The Morgan fingerprint density at radius 1 is 1.00 bits per heavy atom. The number of anilines is 2. The van der Waals surface area contributed by atoms with Gasteiger partial charge in [-0.15, -0.1) is 0 Å². The van der Waals surface area contributed by atoms with Crippen LogP contribution in [0.2, 0.25) is 0 Å². The molecule has 0 heterocycles. The van der Waals surface area contributed by atoms with Crippen LogP contribution in [0.1, 0.15) is 37.6 Å². The number of nitrogens with one attached hydrogen (secondary N) is 3. The third-order valence-electron chi connectivity index (χ3n) is 4.00. The highest BCUT2D eigenvalue weighted by molar-refractivity contribution is 7.92. The summed E-state index contributed by atoms with van der Waals surface area (Å²) < 4.78 is 58.9. The number of amides is 1. The maximum absolute atomic E-state index is 12.6. The van der Waals surface area contributed by atoms with Crippen molar-refractivity contribution in [3.8, 4) is 5.75 Å². The zero-order valence-electron chi connectivity index (χ0n) is 17.8. The Kier molecular flexibility index (Phi) is 8.04. The van der Waals surface area contributed by atoms with Gasteiger partial charge >= 0.3 is 0 Å². The van der Waals surface area contributed by atoms with E-state index < -0.39 is 26.0 Å². The van der Waals surface area contributed by atoms with Crippen molar-refractivity contribution < 1.29 is 26.4 Å². The van der Waals surface area contributed by atoms with Crippen LogP contribution in [-0.2, 0) is 20.0 Å². The molecule has 0 bridgehead atoms. The van der Waals surface area contributed by atoms with Gasteiger partial charge in [0.1, 0.15) is 10.6 Å². The lowest BCUT2D eigenvalue weighted by Gasteiger charge is -2.14. The second-order valence-corrected chi connectivity index (χ2v) is 10.6. The average molecular weight is 470 g/mol. The molecule has 170 valence electrons. The van der Waals surface area contributed by atoms with E-state index in [-0.39, 0.29) is 28.0 Å². The number of rotatable bonds is 10. The summed E-state index contributed by atoms with van der Waals surface area (Å²) >= 11 is 0. The molecule has 0 saturated heterocycles. The molecule has 0 aliphatic heterocycles. The average Bonchev–Trinajstić information content (AvgIpc) is 2.67. The molecule has 31 heavy (non-hydrogen) atoms. The Morgan fingerprint density at radius 2 is 1.61 bits per heavy atom. The van der Waals surface area contributed by atoms with Gasteiger partial charge < -0.3 is 10.1 Å². The Bertz CT molecular complexity index is 1130. The number of hydrogen-bond donors (Lipinski definition) is 3. The van der Waals surface area contributed by atoms with Gasteiger partial charge in [0.05, 0.1) is 12.9 Å². The minimum Gasteiger partial charge on any atom is -0.495 e. The third kappa shape index (κ3) is 6.94. The highest BCUT2D eigenvalue weighted by Crippen LogP contribution is 2.26. The molecule has 1 amide bonds. The second kappa shape index (κ2) is 10.1. The van der Waals surface area contributed by atoms with Crippen LogP contribution in [0.4, 0.5) is 11.4 Å². The van der Waals surface area contributed by atoms with Gasteiger partial charge in [-0.3, -0.25) is 9.52 Å². The molecular weight excluding hydrogens is 442 g/mol. The normalized spacial score (nSPS) is 11.9. The Morgan fingerprint density at radius 3 is 2.16 bits per heavy atom. The molecule has 0 atom stereocenters. The Hall–Kier alpha value is -2.63. The smallest absolute Gasteiger partial charge is 0.255 e. The number of ether oxygens (including phenoxy) is 1. The summed E-state index contributed by atoms with van der Waals surface area (Å²) in [7, 11) is -5.94. The van der Waals surface area contributed by atoms with Gasteiger partial charge in [-0.05, 0) is 62.7 Å². The molecule has 0 unspecified atom stereocenters. The lowest BCUT2D eigenvalue weighted by molar-refractivity contribution is 0.102. The van der Waals surface area contributed by atoms with E-state index >= 15 is 0 Å². The van der Waals surface area contributed by atoms with Crippen LogP contribution in [0.5, 0.6) is 5.75 Å². The van der Waals surface area contributed by atoms with E-state index in [4.69, 9.17) is 4.74 Å². The van der Waals surface area contributed by atoms with Crippen LogP contribution in [0.15, 0.2) is 47.4 Å². The predicted octanol–water partition coefficient (Wildman–Crippen LogP) is 2.79. The zero-order chi connectivity index (χ0) is 23.2. The SMILES string of the molecule is CCCS(=O)(=O)Nc1ccc(NC(=O)c2ccc(OC)c(S(=O)(=O)NC(C)C)c2)cc1. The van der Waals surface area contributed by atoms with E-state index in [1.165, 1.54) is 37.4 Å². The lowest BCUT2D eigenvalue weighted by atomic mass is 10.2. The number of hydrogen-bond acceptors (Lipinski definition) is 6. The number of methoxy groups -OCH3 is 1. The molecule has 0 aromatic heterocycles. The molecule has 0 spiro atoms. The molecule has 2 aromatic carbocycles. The first kappa shape index (κ1) is 24.6. The van der Waals surface area contributed by atoms with Crippen molar-refractivity contribution in [2.24, 2.45) is 0 Å². The van der Waals surface area contributed by atoms with E-state index in [1.54, 1.807) is 32.9 Å². The van der Waals surface area contributed by atoms with Crippen LogP contribution in [0, 0.1) is 0 Å². The molecule has 9 nitrogen and oxygen atoms in total. The summed E-state index contributed by atoms with van der Waals surface area (Å²) in [6.45, 7) is 5.14. The van der Waals surface area contributed by atoms with Crippen molar-refractivity contribution in [2.75, 3.05) is 22.9 Å². The predicted molar refractivity (Wildman–Crippen MR) is 121 cm³/mol. The molecular formula is C20H27N3O6S2. The van der Waals surface area contributed by atoms with Crippen molar-refractivity contribution in [2.45, 2.75) is 38.1 Å². The van der Waals surface area contributed by atoms with Crippen molar-refractivity contribution >= 4 is 37.3 Å². The lowest BCUT2D eigenvalue weighted by Crippen LogP contribution is -2.30. The Balaban J connectivity index is 2.21. The molecule has 0 fully saturated rings. The quantitative estimate of drug-likeness (QED) is 0.490. The van der Waals surface area contributed by atoms with Crippen molar-refractivity contribution in [1.82, 2.24) is 4.72 Å². The van der Waals surface area contributed by atoms with Crippen LogP contribution in [0.3, 0.4) is 0 Å². The van der Waals surface area contributed by atoms with Crippen LogP contribution in [0.25, 0.3) is 0 Å². The maximum atomic E-state index is 12.6. The number of sulfonamides is 2. The summed E-state index contributed by atoms with van der Waals surface area (Å²) in [5, 5.41) is 2.66. The van der Waals surface area contributed by atoms with Gasteiger partial charge in [-0.25, -0.2) is 21.6 Å². The van der Waals surface area contributed by atoms with E-state index in [1.807, 2.05) is 0 Å². The highest BCUT2D eigenvalue weighted by Gasteiger charge is 2.22. The summed E-state index contributed by atoms with van der Waals surface area (Å²) in [5.41, 5.74) is 0.922. The maximum Gasteiger partial charge on any atom is 0.255 e. The molecule has 3 N–H and O–H groups in total. The summed E-state index contributed by atoms with van der Waals surface area (Å²) in [6.07, 6.45) is 0.496. The fourth-order valence-electron chi connectivity index (χ4n) is 2.73. The summed E-state index contributed by atoms with van der Waals surface area (Å²) in [5.74, 6) is -0.392. The third-order valence-corrected chi connectivity index (χ3v) is 7.17. The fraction of sp³-hybridized carbons (Fsp3) is 0.350. The van der Waals surface area contributed by atoms with E-state index in [0.717, 1.165) is 0 Å². The molecule has 0 aliphatic carbocycles. The monoisotopic (exact) mass is 469 g/mol. The minimum atomic E-state index is -3.88. The van der Waals surface area contributed by atoms with Gasteiger partial charge in [-0.2, -0.15) is 0 Å². The summed E-state index contributed by atoms with van der Waals surface area (Å²) in [4.78, 5) is 12.5. The number of carbonyl (C=O) groups is 1.